The van der Waals surface area contributed by atoms with Crippen LogP contribution in [-0.4, -0.2) is 89.6 Å². The summed E-state index contributed by atoms with van der Waals surface area (Å²) in [6.07, 6.45) is 8.96. The number of hydrogen-bond acceptors (Lipinski definition) is 10. The highest BCUT2D eigenvalue weighted by molar-refractivity contribution is 6.06. The molecule has 3 N–H and O–H groups in total. The average Bonchev–Trinajstić information content (AvgIpc) is 3.78. The van der Waals surface area contributed by atoms with Crippen LogP contribution < -0.4 is 30.2 Å². The monoisotopic (exact) mass is 726 g/mol. The fourth-order valence-electron chi connectivity index (χ4n) is 9.23. The molecule has 6 atom stereocenters. The molecule has 0 saturated carbocycles. The van der Waals surface area contributed by atoms with Gasteiger partial charge in [0.25, 0.3) is 0 Å². The Balaban J connectivity index is 1.23. The largest absolute Gasteiger partial charge is 0.491 e. The molecule has 6 heterocycles. The number of nitrogens with two attached hydrogens (primary N) is 1. The highest BCUT2D eigenvalue weighted by atomic mass is 19.1. The summed E-state index contributed by atoms with van der Waals surface area (Å²) in [5.74, 6) is 1.11. The van der Waals surface area contributed by atoms with E-state index < -0.39 is 35.4 Å². The minimum Gasteiger partial charge on any atom is -0.491 e. The third kappa shape index (κ3) is 5.56. The second kappa shape index (κ2) is 12.7. The summed E-state index contributed by atoms with van der Waals surface area (Å²) in [5, 5.41) is 4.77. The van der Waals surface area contributed by atoms with Crippen molar-refractivity contribution in [1.82, 2.24) is 20.2 Å². The van der Waals surface area contributed by atoms with E-state index in [1.165, 1.54) is 18.2 Å². The standard InChI is InChI=1S/C40H41F3N6O4/c1-4-25-28(42)8-6-21-12-24(53-38(50)35(44)20(2)3)13-26(32(21)25)27-14-31-33-36(34(27)43)46-39(52-19-40-10-5-11-48(40)16-22(41)15-40)47-37(33)49-17-23-7-9-29(45-23)30(49)18-51-31/h1,6,8,12-14,20,22-23,29-30,35,45H,5,7,9-11,15-19,44H2,2-3H3/t22-,23-,29+,30-,35+,40+/m1/s1. The Morgan fingerprint density at radius 1 is 1.17 bits per heavy atom. The molecule has 5 aliphatic heterocycles. The molecule has 13 heteroatoms. The number of ether oxygens (including phenoxy) is 3. The molecule has 276 valence electrons. The summed E-state index contributed by atoms with van der Waals surface area (Å²) in [7, 11) is 0. The van der Waals surface area contributed by atoms with Crippen molar-refractivity contribution in [2.24, 2.45) is 11.7 Å². The van der Waals surface area contributed by atoms with Crippen LogP contribution in [0.15, 0.2) is 30.3 Å². The first-order valence-corrected chi connectivity index (χ1v) is 18.5. The normalized spacial score (nSPS) is 26.6. The average molecular weight is 727 g/mol. The molecule has 9 rings (SSSR count). The van der Waals surface area contributed by atoms with Crippen LogP contribution in [0, 0.1) is 29.9 Å². The Kier molecular flexibility index (Phi) is 8.21. The van der Waals surface area contributed by atoms with E-state index in [0.29, 0.717) is 48.5 Å². The number of halogens is 3. The van der Waals surface area contributed by atoms with Crippen LogP contribution in [0.2, 0.25) is 0 Å². The number of carbonyl (C=O) groups excluding carboxylic acids is 1. The predicted octanol–water partition coefficient (Wildman–Crippen LogP) is 5.26. The number of benzene rings is 3. The van der Waals surface area contributed by atoms with Crippen molar-refractivity contribution in [1.29, 1.82) is 0 Å². The molecule has 0 aliphatic carbocycles. The van der Waals surface area contributed by atoms with Crippen molar-refractivity contribution in [3.8, 4) is 41.0 Å². The summed E-state index contributed by atoms with van der Waals surface area (Å²) in [6.45, 7) is 5.86. The van der Waals surface area contributed by atoms with Gasteiger partial charge in [-0.1, -0.05) is 25.8 Å². The number of fused-ring (bicyclic) bond motifs is 7. The van der Waals surface area contributed by atoms with Crippen LogP contribution >= 0.6 is 0 Å². The number of esters is 1. The molecule has 3 aromatic carbocycles. The predicted molar refractivity (Wildman–Crippen MR) is 194 cm³/mol. The van der Waals surface area contributed by atoms with Crippen LogP contribution in [0.5, 0.6) is 17.5 Å². The molecular weight excluding hydrogens is 685 g/mol. The van der Waals surface area contributed by atoms with Crippen molar-refractivity contribution in [2.45, 2.75) is 81.8 Å². The molecule has 4 aromatic rings. The fraction of sp³-hybridized carbons (Fsp3) is 0.475. The Bertz CT molecular complexity index is 2210. The Morgan fingerprint density at radius 2 is 2.02 bits per heavy atom. The van der Waals surface area contributed by atoms with Crippen molar-refractivity contribution in [3.05, 3.63) is 47.5 Å². The van der Waals surface area contributed by atoms with Gasteiger partial charge in [-0.25, -0.2) is 18.0 Å². The summed E-state index contributed by atoms with van der Waals surface area (Å²) >= 11 is 0. The number of piperazine rings is 1. The molecule has 53 heavy (non-hydrogen) atoms. The lowest BCUT2D eigenvalue weighted by molar-refractivity contribution is -0.136. The van der Waals surface area contributed by atoms with E-state index in [4.69, 9.17) is 31.4 Å². The molecule has 0 amide bonds. The van der Waals surface area contributed by atoms with E-state index in [1.54, 1.807) is 26.0 Å². The van der Waals surface area contributed by atoms with Gasteiger partial charge in [-0.05, 0) is 73.4 Å². The maximum absolute atomic E-state index is 17.5. The van der Waals surface area contributed by atoms with Gasteiger partial charge in [0, 0.05) is 42.5 Å². The Morgan fingerprint density at radius 3 is 2.83 bits per heavy atom. The number of anilines is 1. The van der Waals surface area contributed by atoms with Gasteiger partial charge in [0.05, 0.1) is 22.5 Å². The molecule has 4 saturated heterocycles. The third-order valence-corrected chi connectivity index (χ3v) is 12.0. The number of nitrogens with one attached hydrogen (secondary N) is 1. The lowest BCUT2D eigenvalue weighted by Gasteiger charge is -2.40. The van der Waals surface area contributed by atoms with Crippen molar-refractivity contribution in [2.75, 3.05) is 37.7 Å². The first-order valence-electron chi connectivity index (χ1n) is 18.5. The summed E-state index contributed by atoms with van der Waals surface area (Å²) in [6, 6.07) is 6.67. The second-order valence-corrected chi connectivity index (χ2v) is 15.6. The summed E-state index contributed by atoms with van der Waals surface area (Å²) in [4.78, 5) is 26.9. The Labute approximate surface area is 305 Å². The maximum Gasteiger partial charge on any atom is 0.328 e. The molecule has 2 bridgehead atoms. The van der Waals surface area contributed by atoms with Crippen molar-refractivity contribution in [3.63, 3.8) is 0 Å². The minimum absolute atomic E-state index is 0.0115. The number of rotatable bonds is 7. The van der Waals surface area contributed by atoms with Gasteiger partial charge in [-0.3, -0.25) is 4.90 Å². The molecule has 5 aliphatic rings. The lowest BCUT2D eigenvalue weighted by atomic mass is 9.92. The van der Waals surface area contributed by atoms with Crippen LogP contribution in [-0.2, 0) is 4.79 Å². The smallest absolute Gasteiger partial charge is 0.328 e. The van der Waals surface area contributed by atoms with Gasteiger partial charge in [0.15, 0.2) is 5.82 Å². The van der Waals surface area contributed by atoms with Crippen molar-refractivity contribution < 1.29 is 32.2 Å². The first-order chi connectivity index (χ1) is 25.5. The van der Waals surface area contributed by atoms with E-state index in [-0.39, 0.29) is 70.0 Å². The van der Waals surface area contributed by atoms with Gasteiger partial charge in [0.1, 0.15) is 54.1 Å². The van der Waals surface area contributed by atoms with Gasteiger partial charge >= 0.3 is 12.0 Å². The summed E-state index contributed by atoms with van der Waals surface area (Å²) < 4.78 is 66.1. The molecule has 4 fully saturated rings. The van der Waals surface area contributed by atoms with E-state index in [9.17, 15) is 9.18 Å². The molecular formula is C40H41F3N6O4. The van der Waals surface area contributed by atoms with Gasteiger partial charge in [0.2, 0.25) is 0 Å². The van der Waals surface area contributed by atoms with Gasteiger partial charge in [-0.15, -0.1) is 6.42 Å². The van der Waals surface area contributed by atoms with E-state index in [1.807, 2.05) is 0 Å². The molecule has 10 nitrogen and oxygen atoms in total. The number of carbonyl (C=O) groups is 1. The zero-order chi connectivity index (χ0) is 36.8. The zero-order valence-corrected chi connectivity index (χ0v) is 29.6. The highest BCUT2D eigenvalue weighted by Crippen LogP contribution is 2.47. The zero-order valence-electron chi connectivity index (χ0n) is 29.6. The van der Waals surface area contributed by atoms with E-state index in [0.717, 1.165) is 32.2 Å². The third-order valence-electron chi connectivity index (χ3n) is 12.0. The van der Waals surface area contributed by atoms with Crippen LogP contribution in [0.1, 0.15) is 51.5 Å². The fourth-order valence-corrected chi connectivity index (χ4v) is 9.23. The van der Waals surface area contributed by atoms with E-state index in [2.05, 4.69) is 26.0 Å². The van der Waals surface area contributed by atoms with Crippen LogP contribution in [0.4, 0.5) is 19.0 Å². The Hall–Kier alpha value is -4.64. The molecule has 0 unspecified atom stereocenters. The summed E-state index contributed by atoms with van der Waals surface area (Å²) in [5.41, 5.74) is 5.70. The highest BCUT2D eigenvalue weighted by Gasteiger charge is 2.50. The second-order valence-electron chi connectivity index (χ2n) is 15.6. The SMILES string of the molecule is C#Cc1c(F)ccc2cc(OC(=O)[C@@H](N)C(C)C)cc(-c3cc4c5c(nc(OC[C@@]67CCCN6C[C@H](F)C7)nc5c3F)N3C[C@H]5CC[C@H](N5)[C@H]3CO4)c12. The maximum atomic E-state index is 17.5. The van der Waals surface area contributed by atoms with Crippen LogP contribution in [0.25, 0.3) is 32.8 Å². The molecule has 0 spiro atoms. The lowest BCUT2D eigenvalue weighted by Crippen LogP contribution is -2.60. The number of alkyl halides is 1. The van der Waals surface area contributed by atoms with Gasteiger partial charge in [-0.2, -0.15) is 9.97 Å². The molecule has 0 radical (unpaired) electrons. The van der Waals surface area contributed by atoms with E-state index >= 15 is 8.78 Å². The minimum atomic E-state index is -0.943. The number of aromatic nitrogens is 2. The quantitative estimate of drug-likeness (QED) is 0.149. The molecule has 1 aromatic heterocycles. The van der Waals surface area contributed by atoms with Crippen molar-refractivity contribution >= 4 is 33.5 Å². The van der Waals surface area contributed by atoms with Crippen LogP contribution in [0.3, 0.4) is 0 Å². The number of nitrogens with zero attached hydrogens (tertiary/aromatic N) is 4. The van der Waals surface area contributed by atoms with Gasteiger partial charge < -0.3 is 30.2 Å². The number of hydrogen-bond donors (Lipinski definition) is 2. The first kappa shape index (κ1) is 34.1. The number of terminal acetylenes is 1. The topological polar surface area (TPSA) is 115 Å².